The highest BCUT2D eigenvalue weighted by Gasteiger charge is 2.16. The van der Waals surface area contributed by atoms with Crippen LogP contribution in [0, 0.1) is 0 Å². The van der Waals surface area contributed by atoms with Gasteiger partial charge in [0.15, 0.2) is 0 Å². The van der Waals surface area contributed by atoms with Crippen LogP contribution in [-0.4, -0.2) is 37.5 Å². The first-order valence-electron chi connectivity index (χ1n) is 3.21. The standard InChI is InChI=1S/C6H5N3O3S/c10-5(11)4(1-13)12-6-8-2-7-3-9-6/h1-4H,(H,10,11). The lowest BCUT2D eigenvalue weighted by molar-refractivity contribution is -0.141. The predicted octanol–water partition coefficient (Wildman–Crippen LogP) is -0.297. The molecule has 0 spiro atoms. The summed E-state index contributed by atoms with van der Waals surface area (Å²) in [4.78, 5) is 21.1. The zero-order valence-electron chi connectivity index (χ0n) is 6.32. The average Bonchev–Trinajstić information content (AvgIpc) is 2.15. The Morgan fingerprint density at radius 3 is 2.69 bits per heavy atom. The van der Waals surface area contributed by atoms with Crippen LogP contribution in [0.1, 0.15) is 0 Å². The molecule has 13 heavy (non-hydrogen) atoms. The average molecular weight is 199 g/mol. The first-order valence-corrected chi connectivity index (χ1v) is 3.68. The summed E-state index contributed by atoms with van der Waals surface area (Å²) in [5.74, 6) is -1.18. The molecule has 0 aromatic carbocycles. The number of carboxylic acids is 1. The molecule has 1 aromatic heterocycles. The van der Waals surface area contributed by atoms with Crippen molar-refractivity contribution in [2.24, 2.45) is 0 Å². The predicted molar refractivity (Wildman–Crippen MR) is 45.5 cm³/mol. The summed E-state index contributed by atoms with van der Waals surface area (Å²) in [6.45, 7) is 0. The smallest absolute Gasteiger partial charge is 0.350 e. The maximum atomic E-state index is 10.4. The van der Waals surface area contributed by atoms with Gasteiger partial charge in [0.25, 0.3) is 0 Å². The summed E-state index contributed by atoms with van der Waals surface area (Å²) in [5.41, 5.74) is 0. The largest absolute Gasteiger partial charge is 0.478 e. The summed E-state index contributed by atoms with van der Waals surface area (Å²) in [7, 11) is 0. The van der Waals surface area contributed by atoms with Gasteiger partial charge in [-0.3, -0.25) is 0 Å². The number of rotatable bonds is 4. The van der Waals surface area contributed by atoms with Crippen LogP contribution in [0.4, 0.5) is 0 Å². The van der Waals surface area contributed by atoms with E-state index in [9.17, 15) is 4.79 Å². The van der Waals surface area contributed by atoms with Gasteiger partial charge in [0.05, 0.1) is 0 Å². The Hall–Kier alpha value is -1.63. The van der Waals surface area contributed by atoms with Crippen molar-refractivity contribution in [3.63, 3.8) is 0 Å². The summed E-state index contributed by atoms with van der Waals surface area (Å²) in [5, 5.41) is 9.52. The molecule has 1 rings (SSSR count). The van der Waals surface area contributed by atoms with Crippen molar-refractivity contribution in [3.05, 3.63) is 12.7 Å². The van der Waals surface area contributed by atoms with Crippen molar-refractivity contribution < 1.29 is 14.6 Å². The normalized spacial score (nSPS) is 11.7. The maximum Gasteiger partial charge on any atom is 0.350 e. The number of aliphatic carboxylic acids is 1. The molecule has 1 unspecified atom stereocenters. The summed E-state index contributed by atoms with van der Waals surface area (Å²) < 4.78 is 4.80. The van der Waals surface area contributed by atoms with Crippen molar-refractivity contribution in [2.45, 2.75) is 6.10 Å². The van der Waals surface area contributed by atoms with E-state index in [-0.39, 0.29) is 6.01 Å². The van der Waals surface area contributed by atoms with Gasteiger partial charge in [-0.05, 0) is 0 Å². The topological polar surface area (TPSA) is 85.2 Å². The van der Waals surface area contributed by atoms with Crippen LogP contribution in [0.5, 0.6) is 6.01 Å². The number of hydrogen-bond acceptors (Lipinski definition) is 6. The molecule has 6 nitrogen and oxygen atoms in total. The Morgan fingerprint density at radius 1 is 1.62 bits per heavy atom. The van der Waals surface area contributed by atoms with Gasteiger partial charge in [-0.25, -0.2) is 9.78 Å². The number of ether oxygens (including phenoxy) is 1. The molecule has 0 bridgehead atoms. The quantitative estimate of drug-likeness (QED) is 0.666. The third-order valence-corrected chi connectivity index (χ3v) is 1.32. The van der Waals surface area contributed by atoms with Gasteiger partial charge >= 0.3 is 12.0 Å². The van der Waals surface area contributed by atoms with Crippen molar-refractivity contribution in [3.8, 4) is 6.01 Å². The van der Waals surface area contributed by atoms with Crippen molar-refractivity contribution in [1.82, 2.24) is 15.0 Å². The Balaban J connectivity index is 2.67. The fourth-order valence-corrected chi connectivity index (χ4v) is 0.711. The van der Waals surface area contributed by atoms with Crippen LogP contribution in [-0.2, 0) is 4.79 Å². The SMILES string of the molecule is O=C(O)C(C=S)Oc1ncncn1. The lowest BCUT2D eigenvalue weighted by Gasteiger charge is -2.06. The minimum absolute atomic E-state index is 0.0662. The number of carboxylic acid groups (broad SMARTS) is 1. The summed E-state index contributed by atoms with van der Waals surface area (Å²) in [6.07, 6.45) is 1.19. The summed E-state index contributed by atoms with van der Waals surface area (Å²) >= 11 is 4.45. The molecule has 7 heteroatoms. The van der Waals surface area contributed by atoms with Crippen molar-refractivity contribution in [1.29, 1.82) is 0 Å². The highest BCUT2D eigenvalue weighted by molar-refractivity contribution is 7.79. The van der Waals surface area contributed by atoms with E-state index < -0.39 is 12.1 Å². The Bertz CT molecular complexity index is 305. The van der Waals surface area contributed by atoms with E-state index in [1.165, 1.54) is 12.7 Å². The fourth-order valence-electron chi connectivity index (χ4n) is 0.539. The number of aromatic nitrogens is 3. The monoisotopic (exact) mass is 199 g/mol. The molecular weight excluding hydrogens is 194 g/mol. The first-order chi connectivity index (χ1) is 6.24. The van der Waals surface area contributed by atoms with Gasteiger partial charge < -0.3 is 9.84 Å². The van der Waals surface area contributed by atoms with E-state index >= 15 is 0 Å². The highest BCUT2D eigenvalue weighted by Crippen LogP contribution is 1.99. The van der Waals surface area contributed by atoms with E-state index in [4.69, 9.17) is 9.84 Å². The zero-order chi connectivity index (χ0) is 9.68. The molecule has 0 saturated heterocycles. The Kier molecular flexibility index (Phi) is 3.21. The van der Waals surface area contributed by atoms with E-state index in [0.29, 0.717) is 0 Å². The summed E-state index contributed by atoms with van der Waals surface area (Å²) in [6, 6.07) is -0.0662. The molecule has 0 amide bonds. The number of thiocarbonyl (C=S) groups is 1. The highest BCUT2D eigenvalue weighted by atomic mass is 32.1. The van der Waals surface area contributed by atoms with Crippen LogP contribution in [0.15, 0.2) is 12.7 Å². The second kappa shape index (κ2) is 4.41. The second-order valence-corrected chi connectivity index (χ2v) is 2.21. The molecule has 1 heterocycles. The van der Waals surface area contributed by atoms with Gasteiger partial charge in [0, 0.05) is 5.37 Å². The molecule has 0 aliphatic rings. The van der Waals surface area contributed by atoms with Gasteiger partial charge in [-0.2, -0.15) is 9.97 Å². The van der Waals surface area contributed by atoms with E-state index in [1.807, 2.05) is 0 Å². The molecule has 0 radical (unpaired) electrons. The molecular formula is C6H5N3O3S. The number of hydrogen-bond donors (Lipinski definition) is 1. The molecule has 1 atom stereocenters. The molecule has 0 aliphatic heterocycles. The van der Waals surface area contributed by atoms with Crippen molar-refractivity contribution >= 4 is 23.6 Å². The minimum atomic E-state index is -1.21. The van der Waals surface area contributed by atoms with E-state index in [0.717, 1.165) is 5.37 Å². The van der Waals surface area contributed by atoms with Crippen LogP contribution >= 0.6 is 12.2 Å². The van der Waals surface area contributed by atoms with E-state index in [1.54, 1.807) is 0 Å². The Labute approximate surface area is 78.6 Å². The van der Waals surface area contributed by atoms with Crippen LogP contribution < -0.4 is 4.74 Å². The molecule has 0 fully saturated rings. The van der Waals surface area contributed by atoms with Crippen LogP contribution in [0.25, 0.3) is 0 Å². The third kappa shape index (κ3) is 2.71. The molecule has 0 saturated carbocycles. The fraction of sp³-hybridized carbons (Fsp3) is 0.167. The molecule has 0 aliphatic carbocycles. The van der Waals surface area contributed by atoms with Gasteiger partial charge in [-0.1, -0.05) is 12.2 Å². The van der Waals surface area contributed by atoms with E-state index in [2.05, 4.69) is 27.2 Å². The van der Waals surface area contributed by atoms with Crippen LogP contribution in [0.2, 0.25) is 0 Å². The van der Waals surface area contributed by atoms with Gasteiger partial charge in [0.2, 0.25) is 6.10 Å². The van der Waals surface area contributed by atoms with Crippen LogP contribution in [0.3, 0.4) is 0 Å². The zero-order valence-corrected chi connectivity index (χ0v) is 7.14. The van der Waals surface area contributed by atoms with Gasteiger partial charge in [-0.15, -0.1) is 0 Å². The number of nitrogens with zero attached hydrogens (tertiary/aromatic N) is 3. The second-order valence-electron chi connectivity index (χ2n) is 1.93. The third-order valence-electron chi connectivity index (χ3n) is 1.07. The minimum Gasteiger partial charge on any atom is -0.478 e. The van der Waals surface area contributed by atoms with Crippen molar-refractivity contribution in [2.75, 3.05) is 0 Å². The molecule has 1 N–H and O–H groups in total. The maximum absolute atomic E-state index is 10.4. The Morgan fingerprint density at radius 2 is 2.23 bits per heavy atom. The lowest BCUT2D eigenvalue weighted by atomic mass is 10.4. The lowest BCUT2D eigenvalue weighted by Crippen LogP contribution is -2.28. The number of carbonyl (C=O) groups is 1. The molecule has 68 valence electrons. The molecule has 1 aromatic rings. The van der Waals surface area contributed by atoms with Gasteiger partial charge in [0.1, 0.15) is 12.7 Å². The first kappa shape index (κ1) is 9.46.